The summed E-state index contributed by atoms with van der Waals surface area (Å²) < 4.78 is 49.0. The van der Waals surface area contributed by atoms with E-state index in [1.807, 2.05) is 4.90 Å². The quantitative estimate of drug-likeness (QED) is 0.792. The molecule has 3 nitrogen and oxygen atoms in total. The van der Waals surface area contributed by atoms with Crippen molar-refractivity contribution < 1.29 is 22.6 Å². The molecule has 1 spiro atoms. The molecule has 0 saturated carbocycles. The highest BCUT2D eigenvalue weighted by atomic mass is 19.4. The van der Waals surface area contributed by atoms with Crippen LogP contribution in [0.5, 0.6) is 0 Å². The Kier molecular flexibility index (Phi) is 3.38. The molecule has 0 unspecified atom stereocenters. The summed E-state index contributed by atoms with van der Waals surface area (Å²) in [5.74, 6) is -0.569. The van der Waals surface area contributed by atoms with Gasteiger partial charge in [0, 0.05) is 18.7 Å². The van der Waals surface area contributed by atoms with E-state index in [4.69, 9.17) is 9.47 Å². The van der Waals surface area contributed by atoms with Gasteiger partial charge in [-0.25, -0.2) is 0 Å². The van der Waals surface area contributed by atoms with E-state index < -0.39 is 17.5 Å². The van der Waals surface area contributed by atoms with Crippen molar-refractivity contribution in [3.05, 3.63) is 29.8 Å². The molecule has 0 bridgehead atoms. The highest BCUT2D eigenvalue weighted by Crippen LogP contribution is 2.34. The van der Waals surface area contributed by atoms with Crippen LogP contribution in [0.4, 0.5) is 18.9 Å². The fourth-order valence-corrected chi connectivity index (χ4v) is 2.80. The van der Waals surface area contributed by atoms with Crippen LogP contribution in [0.15, 0.2) is 24.3 Å². The minimum atomic E-state index is -4.29. The molecule has 6 heteroatoms. The fourth-order valence-electron chi connectivity index (χ4n) is 2.80. The molecule has 20 heavy (non-hydrogen) atoms. The van der Waals surface area contributed by atoms with Gasteiger partial charge in [0.1, 0.15) is 0 Å². The summed E-state index contributed by atoms with van der Waals surface area (Å²) in [4.78, 5) is 2.02. The molecule has 0 radical (unpaired) electrons. The van der Waals surface area contributed by atoms with Crippen molar-refractivity contribution in [1.29, 1.82) is 0 Å². The van der Waals surface area contributed by atoms with Crippen molar-refractivity contribution in [2.75, 3.05) is 31.2 Å². The Hall–Kier alpha value is -1.27. The Morgan fingerprint density at radius 3 is 2.30 bits per heavy atom. The van der Waals surface area contributed by atoms with Crippen LogP contribution in [-0.4, -0.2) is 32.1 Å². The number of hydrogen-bond acceptors (Lipinski definition) is 3. The Bertz CT molecular complexity index is 466. The molecule has 1 aromatic carbocycles. The summed E-state index contributed by atoms with van der Waals surface area (Å²) in [6.07, 6.45) is -2.55. The van der Waals surface area contributed by atoms with Gasteiger partial charge in [0.2, 0.25) is 0 Å². The lowest BCUT2D eigenvalue weighted by molar-refractivity contribution is -0.161. The summed E-state index contributed by atoms with van der Waals surface area (Å²) in [5, 5.41) is 0. The molecule has 3 rings (SSSR count). The van der Waals surface area contributed by atoms with Gasteiger partial charge in [0.05, 0.1) is 25.3 Å². The van der Waals surface area contributed by atoms with E-state index in [0.29, 0.717) is 19.8 Å². The van der Waals surface area contributed by atoms with Crippen molar-refractivity contribution in [3.8, 4) is 0 Å². The number of hydrogen-bond donors (Lipinski definition) is 0. The van der Waals surface area contributed by atoms with Crippen molar-refractivity contribution in [3.63, 3.8) is 0 Å². The molecule has 0 aromatic heterocycles. The number of piperidine rings is 1. The van der Waals surface area contributed by atoms with Gasteiger partial charge in [-0.3, -0.25) is 0 Å². The minimum absolute atomic E-state index is 0.568. The maximum Gasteiger partial charge on any atom is 0.416 e. The monoisotopic (exact) mass is 287 g/mol. The lowest BCUT2D eigenvalue weighted by Gasteiger charge is -2.39. The first kappa shape index (κ1) is 13.7. The zero-order valence-corrected chi connectivity index (χ0v) is 10.9. The largest absolute Gasteiger partial charge is 0.416 e. The van der Waals surface area contributed by atoms with Gasteiger partial charge in [-0.1, -0.05) is 0 Å². The number of halogens is 3. The number of benzene rings is 1. The molecular formula is C14H16F3NO2. The summed E-state index contributed by atoms with van der Waals surface area (Å²) >= 11 is 0. The number of anilines is 1. The van der Waals surface area contributed by atoms with Crippen molar-refractivity contribution in [1.82, 2.24) is 0 Å². The van der Waals surface area contributed by atoms with E-state index in [2.05, 4.69) is 0 Å². The Morgan fingerprint density at radius 1 is 1.05 bits per heavy atom. The molecule has 2 saturated heterocycles. The van der Waals surface area contributed by atoms with Gasteiger partial charge in [-0.15, -0.1) is 0 Å². The Labute approximate surface area is 115 Å². The molecule has 2 heterocycles. The van der Waals surface area contributed by atoms with Gasteiger partial charge < -0.3 is 14.4 Å². The standard InChI is InChI=1S/C14H16F3NO2/c15-14(16,17)11-2-4-12(5-3-11)18-7-1-6-13(10-18)19-8-9-20-13/h2-5H,1,6-10H2. The smallest absolute Gasteiger partial charge is 0.366 e. The minimum Gasteiger partial charge on any atom is -0.366 e. The van der Waals surface area contributed by atoms with Gasteiger partial charge in [-0.2, -0.15) is 13.2 Å². The van der Waals surface area contributed by atoms with E-state index >= 15 is 0 Å². The summed E-state index contributed by atoms with van der Waals surface area (Å²) in [5.41, 5.74) is 0.150. The third kappa shape index (κ3) is 2.62. The lowest BCUT2D eigenvalue weighted by Crippen LogP contribution is -2.49. The number of rotatable bonds is 1. The zero-order valence-electron chi connectivity index (χ0n) is 10.9. The second kappa shape index (κ2) is 4.93. The van der Waals surface area contributed by atoms with Crippen LogP contribution >= 0.6 is 0 Å². The summed E-state index contributed by atoms with van der Waals surface area (Å²) in [7, 11) is 0. The molecule has 0 amide bonds. The number of ether oxygens (including phenoxy) is 2. The normalized spacial score (nSPS) is 22.4. The summed E-state index contributed by atoms with van der Waals surface area (Å²) in [6.45, 7) is 2.54. The first-order valence-corrected chi connectivity index (χ1v) is 6.69. The van der Waals surface area contributed by atoms with E-state index in [0.717, 1.165) is 37.2 Å². The number of alkyl halides is 3. The highest BCUT2D eigenvalue weighted by molar-refractivity contribution is 5.48. The molecular weight excluding hydrogens is 271 g/mol. The van der Waals surface area contributed by atoms with E-state index in [1.54, 1.807) is 0 Å². The van der Waals surface area contributed by atoms with Crippen LogP contribution in [0.25, 0.3) is 0 Å². The fraction of sp³-hybridized carbons (Fsp3) is 0.571. The van der Waals surface area contributed by atoms with E-state index in [-0.39, 0.29) is 0 Å². The van der Waals surface area contributed by atoms with Crippen molar-refractivity contribution in [2.24, 2.45) is 0 Å². The molecule has 0 aliphatic carbocycles. The van der Waals surface area contributed by atoms with Crippen LogP contribution in [0.1, 0.15) is 18.4 Å². The number of nitrogens with zero attached hydrogens (tertiary/aromatic N) is 1. The van der Waals surface area contributed by atoms with Crippen LogP contribution in [0, 0.1) is 0 Å². The molecule has 110 valence electrons. The van der Waals surface area contributed by atoms with E-state index in [9.17, 15) is 13.2 Å². The Morgan fingerprint density at radius 2 is 1.70 bits per heavy atom. The first-order valence-electron chi connectivity index (χ1n) is 6.69. The SMILES string of the molecule is FC(F)(F)c1ccc(N2CCCC3(C2)OCCO3)cc1. The second-order valence-electron chi connectivity index (χ2n) is 5.18. The Balaban J connectivity index is 1.75. The first-order chi connectivity index (χ1) is 9.49. The van der Waals surface area contributed by atoms with Crippen LogP contribution in [-0.2, 0) is 15.7 Å². The third-order valence-electron chi connectivity index (χ3n) is 3.79. The van der Waals surface area contributed by atoms with Gasteiger partial charge in [-0.05, 0) is 30.7 Å². The predicted octanol–water partition coefficient (Wildman–Crippen LogP) is 3.05. The summed E-state index contributed by atoms with van der Waals surface area (Å²) in [6, 6.07) is 5.26. The molecule has 2 aliphatic rings. The second-order valence-corrected chi connectivity index (χ2v) is 5.18. The van der Waals surface area contributed by atoms with Crippen molar-refractivity contribution >= 4 is 5.69 Å². The molecule has 2 aliphatic heterocycles. The average molecular weight is 287 g/mol. The predicted molar refractivity (Wildman–Crippen MR) is 67.5 cm³/mol. The molecule has 0 atom stereocenters. The van der Waals surface area contributed by atoms with Crippen LogP contribution in [0.2, 0.25) is 0 Å². The lowest BCUT2D eigenvalue weighted by atomic mass is 10.0. The van der Waals surface area contributed by atoms with Crippen LogP contribution in [0.3, 0.4) is 0 Å². The zero-order chi connectivity index (χ0) is 14.2. The van der Waals surface area contributed by atoms with E-state index in [1.165, 1.54) is 12.1 Å². The van der Waals surface area contributed by atoms with Crippen LogP contribution < -0.4 is 4.90 Å². The topological polar surface area (TPSA) is 21.7 Å². The molecule has 1 aromatic rings. The highest BCUT2D eigenvalue weighted by Gasteiger charge is 2.41. The molecule has 2 fully saturated rings. The van der Waals surface area contributed by atoms with Crippen molar-refractivity contribution in [2.45, 2.75) is 24.8 Å². The third-order valence-corrected chi connectivity index (χ3v) is 3.79. The maximum atomic E-state index is 12.5. The average Bonchev–Trinajstić information content (AvgIpc) is 2.86. The van der Waals surface area contributed by atoms with Gasteiger partial charge >= 0.3 is 6.18 Å². The molecule has 0 N–H and O–H groups in total. The van der Waals surface area contributed by atoms with Gasteiger partial charge in [0.15, 0.2) is 5.79 Å². The van der Waals surface area contributed by atoms with Gasteiger partial charge in [0.25, 0.3) is 0 Å². The maximum absolute atomic E-state index is 12.5.